The Morgan fingerprint density at radius 1 is 1.18 bits per heavy atom. The minimum absolute atomic E-state index is 0.656. The molecule has 1 nitrogen and oxygen atoms in total. The molecule has 17 heavy (non-hydrogen) atoms. The van der Waals surface area contributed by atoms with Crippen LogP contribution in [-0.4, -0.2) is 6.04 Å². The average Bonchev–Trinajstić information content (AvgIpc) is 2.81. The molecule has 0 saturated heterocycles. The topological polar surface area (TPSA) is 12.0 Å². The van der Waals surface area contributed by atoms with Gasteiger partial charge in [0.05, 0.1) is 0 Å². The Hall–Kier alpha value is -0.340. The van der Waals surface area contributed by atoms with Crippen molar-refractivity contribution in [3.8, 4) is 0 Å². The number of hydrogen-bond donors (Lipinski definition) is 1. The molecule has 2 aliphatic rings. The van der Waals surface area contributed by atoms with Gasteiger partial charge in [-0.15, -0.1) is 11.3 Å². The third kappa shape index (κ3) is 2.58. The smallest absolute Gasteiger partial charge is 0.0333 e. The lowest BCUT2D eigenvalue weighted by molar-refractivity contribution is 0.278. The van der Waals surface area contributed by atoms with E-state index in [0.717, 1.165) is 12.0 Å². The standard InChI is InChI=1S/C15H23NS/c1-11-5-7-12(8-6-11)16-14-3-2-4-15-13(14)9-10-17-15/h9-12,14,16H,2-8H2,1H3. The Kier molecular flexibility index (Phi) is 3.53. The molecule has 0 aromatic carbocycles. The molecular formula is C15H23NS. The first-order chi connectivity index (χ1) is 8.33. The summed E-state index contributed by atoms with van der Waals surface area (Å²) >= 11 is 1.95. The second-order valence-electron chi connectivity index (χ2n) is 5.87. The van der Waals surface area contributed by atoms with Crippen molar-refractivity contribution in [3.05, 3.63) is 21.9 Å². The van der Waals surface area contributed by atoms with Crippen molar-refractivity contribution in [1.29, 1.82) is 0 Å². The summed E-state index contributed by atoms with van der Waals surface area (Å²) in [5.74, 6) is 0.955. The summed E-state index contributed by atoms with van der Waals surface area (Å²) in [5, 5.41) is 6.20. The zero-order valence-electron chi connectivity index (χ0n) is 10.7. The molecule has 1 aromatic rings. The van der Waals surface area contributed by atoms with Gasteiger partial charge in [-0.3, -0.25) is 0 Å². The van der Waals surface area contributed by atoms with Crippen LogP contribution in [0, 0.1) is 5.92 Å². The first-order valence-corrected chi connectivity index (χ1v) is 8.03. The molecule has 0 aliphatic heterocycles. The van der Waals surface area contributed by atoms with E-state index < -0.39 is 0 Å². The van der Waals surface area contributed by atoms with Crippen molar-refractivity contribution in [3.63, 3.8) is 0 Å². The molecule has 2 heteroatoms. The quantitative estimate of drug-likeness (QED) is 0.824. The molecule has 1 unspecified atom stereocenters. The predicted octanol–water partition coefficient (Wildman–Crippen LogP) is 4.29. The van der Waals surface area contributed by atoms with Gasteiger partial charge in [0.25, 0.3) is 0 Å². The molecule has 1 fully saturated rings. The molecule has 1 heterocycles. The maximum absolute atomic E-state index is 3.93. The van der Waals surface area contributed by atoms with E-state index in [1.165, 1.54) is 44.9 Å². The van der Waals surface area contributed by atoms with Crippen LogP contribution in [0.1, 0.15) is 61.9 Å². The van der Waals surface area contributed by atoms with Gasteiger partial charge in [0.15, 0.2) is 0 Å². The number of hydrogen-bond acceptors (Lipinski definition) is 2. The van der Waals surface area contributed by atoms with Crippen LogP contribution in [0.3, 0.4) is 0 Å². The van der Waals surface area contributed by atoms with Crippen LogP contribution in [0.15, 0.2) is 11.4 Å². The summed E-state index contributed by atoms with van der Waals surface area (Å²) in [5.41, 5.74) is 1.61. The first-order valence-electron chi connectivity index (χ1n) is 7.15. The fraction of sp³-hybridized carbons (Fsp3) is 0.733. The van der Waals surface area contributed by atoms with Gasteiger partial charge in [-0.1, -0.05) is 6.92 Å². The highest BCUT2D eigenvalue weighted by Gasteiger charge is 2.25. The van der Waals surface area contributed by atoms with Crippen LogP contribution in [-0.2, 0) is 6.42 Å². The molecule has 2 aliphatic carbocycles. The summed E-state index contributed by atoms with van der Waals surface area (Å²) < 4.78 is 0. The maximum atomic E-state index is 3.93. The van der Waals surface area contributed by atoms with Gasteiger partial charge in [-0.25, -0.2) is 0 Å². The summed E-state index contributed by atoms with van der Waals surface area (Å²) in [6.45, 7) is 2.40. The van der Waals surface area contributed by atoms with E-state index in [2.05, 4.69) is 23.7 Å². The average molecular weight is 249 g/mol. The third-order valence-corrected chi connectivity index (χ3v) is 5.50. The highest BCUT2D eigenvalue weighted by Crippen LogP contribution is 2.35. The van der Waals surface area contributed by atoms with E-state index in [1.807, 2.05) is 11.3 Å². The van der Waals surface area contributed by atoms with Gasteiger partial charge >= 0.3 is 0 Å². The van der Waals surface area contributed by atoms with Gasteiger partial charge in [0.1, 0.15) is 0 Å². The lowest BCUT2D eigenvalue weighted by atomic mass is 9.85. The summed E-state index contributed by atoms with van der Waals surface area (Å²) in [4.78, 5) is 1.64. The van der Waals surface area contributed by atoms with E-state index in [-0.39, 0.29) is 0 Å². The Labute approximate surface area is 109 Å². The number of nitrogens with one attached hydrogen (secondary N) is 1. The Bertz CT molecular complexity index is 363. The zero-order valence-corrected chi connectivity index (χ0v) is 11.6. The molecule has 1 saturated carbocycles. The Balaban J connectivity index is 1.63. The minimum atomic E-state index is 0.656. The molecule has 94 valence electrons. The van der Waals surface area contributed by atoms with Crippen molar-refractivity contribution < 1.29 is 0 Å². The lowest BCUT2D eigenvalue weighted by Crippen LogP contribution is -2.36. The van der Waals surface area contributed by atoms with Crippen molar-refractivity contribution in [2.45, 2.75) is 64.0 Å². The van der Waals surface area contributed by atoms with Crippen LogP contribution in [0.4, 0.5) is 0 Å². The predicted molar refractivity (Wildman–Crippen MR) is 74.6 cm³/mol. The fourth-order valence-corrected chi connectivity index (χ4v) is 4.36. The molecule has 3 rings (SSSR count). The van der Waals surface area contributed by atoms with Crippen molar-refractivity contribution in [2.75, 3.05) is 0 Å². The first kappa shape index (κ1) is 11.7. The van der Waals surface area contributed by atoms with E-state index in [9.17, 15) is 0 Å². The van der Waals surface area contributed by atoms with Gasteiger partial charge < -0.3 is 5.32 Å². The van der Waals surface area contributed by atoms with E-state index in [0.29, 0.717) is 6.04 Å². The summed E-state index contributed by atoms with van der Waals surface area (Å²) in [6, 6.07) is 3.79. The third-order valence-electron chi connectivity index (χ3n) is 4.50. The van der Waals surface area contributed by atoms with E-state index in [4.69, 9.17) is 0 Å². The van der Waals surface area contributed by atoms with Crippen LogP contribution in [0.5, 0.6) is 0 Å². The highest BCUT2D eigenvalue weighted by atomic mass is 32.1. The highest BCUT2D eigenvalue weighted by molar-refractivity contribution is 7.10. The lowest BCUT2D eigenvalue weighted by Gasteiger charge is -2.32. The maximum Gasteiger partial charge on any atom is 0.0333 e. The number of aryl methyl sites for hydroxylation is 1. The monoisotopic (exact) mass is 249 g/mol. The van der Waals surface area contributed by atoms with Crippen molar-refractivity contribution in [2.24, 2.45) is 5.92 Å². The molecule has 0 amide bonds. The summed E-state index contributed by atoms with van der Waals surface area (Å²) in [6.07, 6.45) is 9.63. The molecule has 1 N–H and O–H groups in total. The second-order valence-corrected chi connectivity index (χ2v) is 6.87. The van der Waals surface area contributed by atoms with Crippen molar-refractivity contribution >= 4 is 11.3 Å². The van der Waals surface area contributed by atoms with Gasteiger partial charge in [-0.2, -0.15) is 0 Å². The fourth-order valence-electron chi connectivity index (χ4n) is 3.37. The molecule has 0 bridgehead atoms. The van der Waals surface area contributed by atoms with Crippen LogP contribution < -0.4 is 5.32 Å². The SMILES string of the molecule is CC1CCC(NC2CCCc3sccc32)CC1. The molecule has 1 atom stereocenters. The number of thiophene rings is 1. The van der Waals surface area contributed by atoms with Gasteiger partial charge in [-0.05, 0) is 67.9 Å². The zero-order chi connectivity index (χ0) is 11.7. The Morgan fingerprint density at radius 3 is 2.82 bits per heavy atom. The number of fused-ring (bicyclic) bond motifs is 1. The largest absolute Gasteiger partial charge is 0.307 e. The second kappa shape index (κ2) is 5.11. The van der Waals surface area contributed by atoms with Crippen LogP contribution in [0.2, 0.25) is 0 Å². The molecule has 0 radical (unpaired) electrons. The molecular weight excluding hydrogens is 226 g/mol. The van der Waals surface area contributed by atoms with Gasteiger partial charge in [0.2, 0.25) is 0 Å². The van der Waals surface area contributed by atoms with Crippen LogP contribution >= 0.6 is 11.3 Å². The molecule has 1 aromatic heterocycles. The Morgan fingerprint density at radius 2 is 2.00 bits per heavy atom. The van der Waals surface area contributed by atoms with E-state index in [1.54, 1.807) is 10.4 Å². The molecule has 0 spiro atoms. The minimum Gasteiger partial charge on any atom is -0.307 e. The van der Waals surface area contributed by atoms with Crippen molar-refractivity contribution in [1.82, 2.24) is 5.32 Å². The van der Waals surface area contributed by atoms with Gasteiger partial charge in [0, 0.05) is 17.0 Å². The van der Waals surface area contributed by atoms with E-state index >= 15 is 0 Å². The normalized spacial score (nSPS) is 33.4. The summed E-state index contributed by atoms with van der Waals surface area (Å²) in [7, 11) is 0. The van der Waals surface area contributed by atoms with Crippen LogP contribution in [0.25, 0.3) is 0 Å². The number of rotatable bonds is 2.